The molecule has 0 radical (unpaired) electrons. The van der Waals surface area contributed by atoms with Gasteiger partial charge in [0.1, 0.15) is 5.82 Å². The molecule has 1 fully saturated rings. The van der Waals surface area contributed by atoms with Crippen molar-refractivity contribution in [1.82, 2.24) is 10.2 Å². The Labute approximate surface area is 140 Å². The molecule has 2 atom stereocenters. The normalized spacial score (nSPS) is 20.2. The third-order valence-electron chi connectivity index (χ3n) is 4.39. The van der Waals surface area contributed by atoms with E-state index in [2.05, 4.69) is 10.2 Å². The molecule has 4 nitrogen and oxygen atoms in total. The predicted molar refractivity (Wildman–Crippen MR) is 89.7 cm³/mol. The summed E-state index contributed by atoms with van der Waals surface area (Å²) in [6.07, 6.45) is -0.370. The number of halogens is 1. The number of hydrogen-bond donors (Lipinski definition) is 2. The van der Waals surface area contributed by atoms with E-state index in [-0.39, 0.29) is 17.8 Å². The average Bonchev–Trinajstić information content (AvgIpc) is 2.78. The van der Waals surface area contributed by atoms with E-state index < -0.39 is 6.10 Å². The van der Waals surface area contributed by atoms with Gasteiger partial charge in [0.25, 0.3) is 0 Å². The first-order valence-electron chi connectivity index (χ1n) is 8.12. The lowest BCUT2D eigenvalue weighted by Crippen LogP contribution is -2.34. The van der Waals surface area contributed by atoms with Gasteiger partial charge in [-0.2, -0.15) is 0 Å². The highest BCUT2D eigenvalue weighted by atomic mass is 19.1. The van der Waals surface area contributed by atoms with Crippen molar-refractivity contribution < 1.29 is 14.3 Å². The number of rotatable bonds is 4. The van der Waals surface area contributed by atoms with Gasteiger partial charge < -0.3 is 10.4 Å². The Bertz CT molecular complexity index is 676. The van der Waals surface area contributed by atoms with Crippen LogP contribution in [0.3, 0.4) is 0 Å². The summed E-state index contributed by atoms with van der Waals surface area (Å²) in [7, 11) is 0. The Morgan fingerprint density at radius 2 is 1.88 bits per heavy atom. The topological polar surface area (TPSA) is 52.6 Å². The summed E-state index contributed by atoms with van der Waals surface area (Å²) in [5, 5.41) is 13.4. The van der Waals surface area contributed by atoms with Gasteiger partial charge in [-0.1, -0.05) is 42.5 Å². The minimum absolute atomic E-state index is 0.0163. The summed E-state index contributed by atoms with van der Waals surface area (Å²) in [6.45, 7) is 1.60. The Balaban J connectivity index is 1.79. The fourth-order valence-electron chi connectivity index (χ4n) is 3.11. The number of nitrogens with zero attached hydrogens (tertiary/aromatic N) is 1. The van der Waals surface area contributed by atoms with E-state index >= 15 is 0 Å². The van der Waals surface area contributed by atoms with Gasteiger partial charge in [0.05, 0.1) is 6.10 Å². The van der Waals surface area contributed by atoms with Gasteiger partial charge in [0.2, 0.25) is 5.91 Å². The van der Waals surface area contributed by atoms with Gasteiger partial charge in [-0.3, -0.25) is 9.69 Å². The molecule has 24 heavy (non-hydrogen) atoms. The molecule has 1 heterocycles. The zero-order valence-electron chi connectivity index (χ0n) is 13.4. The van der Waals surface area contributed by atoms with Crippen LogP contribution in [0.4, 0.5) is 4.39 Å². The second kappa shape index (κ2) is 7.55. The van der Waals surface area contributed by atoms with Gasteiger partial charge in [-0.25, -0.2) is 4.39 Å². The molecule has 0 spiro atoms. The third kappa shape index (κ3) is 3.99. The lowest BCUT2D eigenvalue weighted by Gasteiger charge is -2.31. The van der Waals surface area contributed by atoms with Gasteiger partial charge in [0.15, 0.2) is 0 Å². The summed E-state index contributed by atoms with van der Waals surface area (Å²) in [6, 6.07) is 15.7. The fourth-order valence-corrected chi connectivity index (χ4v) is 3.11. The van der Waals surface area contributed by atoms with Crippen molar-refractivity contribution in [2.24, 2.45) is 0 Å². The average molecular weight is 328 g/mol. The molecule has 2 N–H and O–H groups in total. The van der Waals surface area contributed by atoms with Crippen LogP contribution in [0, 0.1) is 5.82 Å². The smallest absolute Gasteiger partial charge is 0.221 e. The molecule has 0 saturated carbocycles. The second-order valence-corrected chi connectivity index (χ2v) is 6.04. The Morgan fingerprint density at radius 1 is 1.17 bits per heavy atom. The Morgan fingerprint density at radius 3 is 2.58 bits per heavy atom. The summed E-state index contributed by atoms with van der Waals surface area (Å²) >= 11 is 0. The number of aliphatic hydroxyl groups is 1. The fraction of sp³-hybridized carbons (Fsp3) is 0.316. The number of carbonyl (C=O) groups excluding carboxylic acids is 1. The minimum Gasteiger partial charge on any atom is -0.387 e. The van der Waals surface area contributed by atoms with Crippen molar-refractivity contribution >= 4 is 5.91 Å². The van der Waals surface area contributed by atoms with Crippen LogP contribution in [0.15, 0.2) is 54.6 Å². The van der Waals surface area contributed by atoms with Crippen molar-refractivity contribution in [3.63, 3.8) is 0 Å². The molecule has 1 amide bonds. The van der Waals surface area contributed by atoms with E-state index in [1.807, 2.05) is 30.3 Å². The predicted octanol–water partition coefficient (Wildman–Crippen LogP) is 2.42. The van der Waals surface area contributed by atoms with Gasteiger partial charge in [0, 0.05) is 32.1 Å². The number of hydrogen-bond acceptors (Lipinski definition) is 3. The van der Waals surface area contributed by atoms with Crippen molar-refractivity contribution in [1.29, 1.82) is 0 Å². The maximum Gasteiger partial charge on any atom is 0.221 e. The highest BCUT2D eigenvalue weighted by Gasteiger charge is 2.27. The molecule has 1 saturated heterocycles. The molecular weight excluding hydrogens is 307 g/mol. The first kappa shape index (κ1) is 16.6. The number of benzene rings is 2. The second-order valence-electron chi connectivity index (χ2n) is 6.04. The van der Waals surface area contributed by atoms with Crippen LogP contribution in [0.5, 0.6) is 0 Å². The highest BCUT2D eigenvalue weighted by Crippen LogP contribution is 2.28. The maximum absolute atomic E-state index is 13.1. The van der Waals surface area contributed by atoms with E-state index in [1.54, 1.807) is 12.1 Å². The molecule has 3 rings (SSSR count). The van der Waals surface area contributed by atoms with Crippen LogP contribution in [0.2, 0.25) is 0 Å². The number of carbonyl (C=O) groups is 1. The quantitative estimate of drug-likeness (QED) is 0.906. The van der Waals surface area contributed by atoms with E-state index in [1.165, 1.54) is 12.1 Å². The molecule has 126 valence electrons. The molecule has 2 aromatic carbocycles. The van der Waals surface area contributed by atoms with E-state index in [9.17, 15) is 14.3 Å². The first-order valence-corrected chi connectivity index (χ1v) is 8.12. The summed E-state index contributed by atoms with van der Waals surface area (Å²) in [5.41, 5.74) is 1.73. The summed E-state index contributed by atoms with van der Waals surface area (Å²) in [4.78, 5) is 14.1. The van der Waals surface area contributed by atoms with Crippen LogP contribution in [0.25, 0.3) is 0 Å². The van der Waals surface area contributed by atoms with Crippen LogP contribution in [-0.4, -0.2) is 35.5 Å². The van der Waals surface area contributed by atoms with Gasteiger partial charge in [-0.05, 0) is 23.3 Å². The van der Waals surface area contributed by atoms with Crippen LogP contribution < -0.4 is 5.32 Å². The van der Waals surface area contributed by atoms with Gasteiger partial charge >= 0.3 is 0 Å². The SMILES string of the molecule is O=C1C[C@H](c2ccccc2)N(C[C@@H](O)c2ccc(F)cc2)CCN1. The Kier molecular flexibility index (Phi) is 5.23. The Hall–Kier alpha value is -2.24. The maximum atomic E-state index is 13.1. The lowest BCUT2D eigenvalue weighted by molar-refractivity contribution is -0.121. The standard InChI is InChI=1S/C19H21FN2O2/c20-16-8-6-15(7-9-16)18(23)13-22-11-10-21-19(24)12-17(22)14-4-2-1-3-5-14/h1-9,17-18,23H,10-13H2,(H,21,24)/t17-,18-/m1/s1. The van der Waals surface area contributed by atoms with E-state index in [0.29, 0.717) is 31.6 Å². The van der Waals surface area contributed by atoms with Crippen molar-refractivity contribution in [3.05, 3.63) is 71.5 Å². The van der Waals surface area contributed by atoms with E-state index in [4.69, 9.17) is 0 Å². The number of nitrogens with one attached hydrogen (secondary N) is 1. The largest absolute Gasteiger partial charge is 0.387 e. The first-order chi connectivity index (χ1) is 11.6. The number of β-amino-alcohol motifs (C(OH)–C–C–N with tert-alkyl or cyclic N) is 1. The molecule has 0 aliphatic carbocycles. The highest BCUT2D eigenvalue weighted by molar-refractivity contribution is 5.77. The summed E-state index contributed by atoms with van der Waals surface area (Å²) < 4.78 is 13.1. The zero-order chi connectivity index (χ0) is 16.9. The van der Waals surface area contributed by atoms with Crippen LogP contribution in [0.1, 0.15) is 29.7 Å². The third-order valence-corrected chi connectivity index (χ3v) is 4.39. The molecule has 1 aliphatic rings. The van der Waals surface area contributed by atoms with Crippen LogP contribution >= 0.6 is 0 Å². The molecule has 5 heteroatoms. The molecule has 0 aromatic heterocycles. The monoisotopic (exact) mass is 328 g/mol. The molecule has 0 bridgehead atoms. The molecule has 0 unspecified atom stereocenters. The van der Waals surface area contributed by atoms with E-state index in [0.717, 1.165) is 5.56 Å². The molecule has 1 aliphatic heterocycles. The number of aliphatic hydroxyl groups excluding tert-OH is 1. The number of amides is 1. The minimum atomic E-state index is -0.731. The van der Waals surface area contributed by atoms with Crippen molar-refractivity contribution in [2.75, 3.05) is 19.6 Å². The van der Waals surface area contributed by atoms with Gasteiger partial charge in [-0.15, -0.1) is 0 Å². The van der Waals surface area contributed by atoms with Crippen molar-refractivity contribution in [3.8, 4) is 0 Å². The lowest BCUT2D eigenvalue weighted by atomic mass is 10.0. The molecule has 2 aromatic rings. The zero-order valence-corrected chi connectivity index (χ0v) is 13.4. The van der Waals surface area contributed by atoms with Crippen LogP contribution in [-0.2, 0) is 4.79 Å². The summed E-state index contributed by atoms with van der Waals surface area (Å²) in [5.74, 6) is -0.305. The molecular formula is C19H21FN2O2. The van der Waals surface area contributed by atoms with Crippen molar-refractivity contribution in [2.45, 2.75) is 18.6 Å².